The molecule has 0 fully saturated rings. The first-order chi connectivity index (χ1) is 10.1. The van der Waals surface area contributed by atoms with Crippen LogP contribution in [0.4, 0.5) is 5.69 Å². The number of hydrogen-bond acceptors (Lipinski definition) is 2. The van der Waals surface area contributed by atoms with Crippen molar-refractivity contribution < 1.29 is 9.90 Å². The molecular weight excluding hydrogens is 262 g/mol. The van der Waals surface area contributed by atoms with E-state index < -0.39 is 0 Å². The number of para-hydroxylation sites is 1. The van der Waals surface area contributed by atoms with Crippen molar-refractivity contribution in [2.24, 2.45) is 0 Å². The van der Waals surface area contributed by atoms with Crippen molar-refractivity contribution in [2.45, 2.75) is 19.4 Å². The topological polar surface area (TPSA) is 40.5 Å². The Morgan fingerprint density at radius 2 is 2.05 bits per heavy atom. The summed E-state index contributed by atoms with van der Waals surface area (Å²) < 4.78 is 0. The van der Waals surface area contributed by atoms with E-state index in [1.54, 1.807) is 12.1 Å². The normalized spacial score (nSPS) is 19.0. The van der Waals surface area contributed by atoms with Crippen LogP contribution in [0.25, 0.3) is 6.08 Å². The second kappa shape index (κ2) is 4.22. The van der Waals surface area contributed by atoms with Crippen LogP contribution in [-0.4, -0.2) is 17.1 Å². The van der Waals surface area contributed by atoms with E-state index in [0.29, 0.717) is 5.56 Å². The van der Waals surface area contributed by atoms with Gasteiger partial charge in [0, 0.05) is 11.3 Å². The second-order valence-corrected chi connectivity index (χ2v) is 5.66. The maximum absolute atomic E-state index is 12.9. The van der Waals surface area contributed by atoms with Gasteiger partial charge in [-0.1, -0.05) is 30.4 Å². The molecule has 2 aromatic carbocycles. The van der Waals surface area contributed by atoms with Crippen LogP contribution in [-0.2, 0) is 6.42 Å². The Kier molecular flexibility index (Phi) is 2.45. The van der Waals surface area contributed by atoms with E-state index >= 15 is 0 Å². The molecule has 0 spiro atoms. The summed E-state index contributed by atoms with van der Waals surface area (Å²) in [5, 5.41) is 9.86. The zero-order valence-corrected chi connectivity index (χ0v) is 11.7. The Balaban J connectivity index is 1.90. The van der Waals surface area contributed by atoms with Crippen LogP contribution in [0, 0.1) is 6.92 Å². The third-order valence-electron chi connectivity index (χ3n) is 4.33. The van der Waals surface area contributed by atoms with Crippen LogP contribution < -0.4 is 4.90 Å². The van der Waals surface area contributed by atoms with Crippen molar-refractivity contribution in [3.8, 4) is 5.75 Å². The minimum Gasteiger partial charge on any atom is -0.508 e. The van der Waals surface area contributed by atoms with Crippen molar-refractivity contribution in [1.82, 2.24) is 0 Å². The summed E-state index contributed by atoms with van der Waals surface area (Å²) in [6, 6.07) is 11.6. The van der Waals surface area contributed by atoms with E-state index in [-0.39, 0.29) is 17.7 Å². The molecule has 1 amide bonds. The first-order valence-electron chi connectivity index (χ1n) is 7.08. The lowest BCUT2D eigenvalue weighted by Gasteiger charge is -2.22. The number of aromatic hydroxyl groups is 1. The summed E-state index contributed by atoms with van der Waals surface area (Å²) >= 11 is 0. The van der Waals surface area contributed by atoms with Gasteiger partial charge in [0.2, 0.25) is 0 Å². The van der Waals surface area contributed by atoms with Gasteiger partial charge in [-0.3, -0.25) is 4.79 Å². The van der Waals surface area contributed by atoms with Gasteiger partial charge in [0.25, 0.3) is 5.91 Å². The first-order valence-corrected chi connectivity index (χ1v) is 7.08. The Morgan fingerprint density at radius 1 is 1.24 bits per heavy atom. The molecule has 0 saturated carbocycles. The summed E-state index contributed by atoms with van der Waals surface area (Å²) in [5.74, 6) is 0.238. The van der Waals surface area contributed by atoms with Gasteiger partial charge in [0.05, 0.1) is 6.04 Å². The quantitative estimate of drug-likeness (QED) is 0.802. The van der Waals surface area contributed by atoms with Crippen LogP contribution in [0.1, 0.15) is 27.0 Å². The fourth-order valence-electron chi connectivity index (χ4n) is 3.21. The molecule has 2 aromatic rings. The summed E-state index contributed by atoms with van der Waals surface area (Å²) in [4.78, 5) is 14.8. The molecule has 3 nitrogen and oxygen atoms in total. The van der Waals surface area contributed by atoms with E-state index in [2.05, 4.69) is 12.1 Å². The zero-order valence-electron chi connectivity index (χ0n) is 11.7. The molecule has 0 unspecified atom stereocenters. The number of carbonyl (C=O) groups is 1. The van der Waals surface area contributed by atoms with Gasteiger partial charge in [-0.2, -0.15) is 0 Å². The third-order valence-corrected chi connectivity index (χ3v) is 4.33. The molecule has 0 aromatic heterocycles. The molecule has 2 aliphatic heterocycles. The van der Waals surface area contributed by atoms with Crippen LogP contribution in [0.2, 0.25) is 0 Å². The number of benzene rings is 2. The van der Waals surface area contributed by atoms with E-state index in [1.807, 2.05) is 36.1 Å². The van der Waals surface area contributed by atoms with E-state index in [0.717, 1.165) is 23.2 Å². The number of nitrogens with zero attached hydrogens (tertiary/aromatic N) is 1. The number of rotatable bonds is 0. The monoisotopic (exact) mass is 277 g/mol. The number of carbonyl (C=O) groups excluding carboxylic acids is 1. The molecule has 21 heavy (non-hydrogen) atoms. The number of aryl methyl sites for hydroxylation is 1. The van der Waals surface area contributed by atoms with Gasteiger partial charge in [-0.05, 0) is 48.2 Å². The number of anilines is 1. The summed E-state index contributed by atoms with van der Waals surface area (Å²) in [6.45, 7) is 1.81. The van der Waals surface area contributed by atoms with Crippen LogP contribution in [0.15, 0.2) is 42.5 Å². The Morgan fingerprint density at radius 3 is 2.90 bits per heavy atom. The van der Waals surface area contributed by atoms with E-state index in [9.17, 15) is 9.90 Å². The van der Waals surface area contributed by atoms with Gasteiger partial charge in [0.15, 0.2) is 0 Å². The third kappa shape index (κ3) is 1.70. The lowest BCUT2D eigenvalue weighted by atomic mass is 10.0. The Labute approximate surface area is 123 Å². The molecule has 0 radical (unpaired) electrons. The predicted octanol–water partition coefficient (Wildman–Crippen LogP) is 3.30. The van der Waals surface area contributed by atoms with Crippen molar-refractivity contribution >= 4 is 17.7 Å². The number of amides is 1. The van der Waals surface area contributed by atoms with Gasteiger partial charge >= 0.3 is 0 Å². The molecule has 3 heteroatoms. The largest absolute Gasteiger partial charge is 0.508 e. The van der Waals surface area contributed by atoms with Crippen molar-refractivity contribution in [1.29, 1.82) is 0 Å². The van der Waals surface area contributed by atoms with E-state index in [4.69, 9.17) is 0 Å². The number of phenolic OH excluding ortho intramolecular Hbond substituents is 1. The highest BCUT2D eigenvalue weighted by molar-refractivity contribution is 6.11. The lowest BCUT2D eigenvalue weighted by Crippen LogP contribution is -2.35. The molecule has 2 aliphatic rings. The molecular formula is C18H15NO2. The number of fused-ring (bicyclic) bond motifs is 4. The fraction of sp³-hybridized carbons (Fsp3) is 0.167. The van der Waals surface area contributed by atoms with Crippen molar-refractivity contribution in [3.63, 3.8) is 0 Å². The zero-order chi connectivity index (χ0) is 14.6. The maximum atomic E-state index is 12.9. The maximum Gasteiger partial charge on any atom is 0.259 e. The van der Waals surface area contributed by atoms with Crippen molar-refractivity contribution in [3.05, 3.63) is 64.7 Å². The highest BCUT2D eigenvalue weighted by atomic mass is 16.3. The highest BCUT2D eigenvalue weighted by Gasteiger charge is 2.35. The smallest absolute Gasteiger partial charge is 0.259 e. The average molecular weight is 277 g/mol. The standard InChI is InChI=1S/C18H15NO2/c1-11-8-15-12(10-17(11)20)6-7-14-9-13-4-2-3-5-16(13)19(14)18(15)21/h2-8,10,14,20H,9H2,1H3/t14-/m1/s1. The lowest BCUT2D eigenvalue weighted by molar-refractivity contribution is 0.0984. The molecule has 4 rings (SSSR count). The predicted molar refractivity (Wildman–Crippen MR) is 82.6 cm³/mol. The minimum absolute atomic E-state index is 0.00745. The van der Waals surface area contributed by atoms with Crippen LogP contribution in [0.3, 0.4) is 0 Å². The summed E-state index contributed by atoms with van der Waals surface area (Å²) in [5.41, 5.74) is 4.37. The van der Waals surface area contributed by atoms with Gasteiger partial charge in [-0.25, -0.2) is 0 Å². The minimum atomic E-state index is 0.00745. The summed E-state index contributed by atoms with van der Waals surface area (Å²) in [6.07, 6.45) is 4.85. The fourth-order valence-corrected chi connectivity index (χ4v) is 3.21. The Hall–Kier alpha value is -2.55. The number of phenols is 1. The highest BCUT2D eigenvalue weighted by Crippen LogP contribution is 2.37. The molecule has 2 heterocycles. The van der Waals surface area contributed by atoms with Crippen LogP contribution >= 0.6 is 0 Å². The molecule has 104 valence electrons. The van der Waals surface area contributed by atoms with Crippen molar-refractivity contribution in [2.75, 3.05) is 4.90 Å². The SMILES string of the molecule is Cc1cc2c(cc1O)C=C[C@@H]1Cc3ccccc3N1C2=O. The molecule has 0 aliphatic carbocycles. The molecule has 0 bridgehead atoms. The van der Waals surface area contributed by atoms with Gasteiger partial charge < -0.3 is 10.0 Å². The number of hydrogen-bond donors (Lipinski definition) is 1. The van der Waals surface area contributed by atoms with Gasteiger partial charge in [0.1, 0.15) is 5.75 Å². The summed E-state index contributed by atoms with van der Waals surface area (Å²) in [7, 11) is 0. The second-order valence-electron chi connectivity index (χ2n) is 5.66. The van der Waals surface area contributed by atoms with E-state index in [1.165, 1.54) is 5.56 Å². The molecule has 1 atom stereocenters. The van der Waals surface area contributed by atoms with Gasteiger partial charge in [-0.15, -0.1) is 0 Å². The van der Waals surface area contributed by atoms with Crippen LogP contribution in [0.5, 0.6) is 5.75 Å². The first kappa shape index (κ1) is 12.2. The molecule has 0 saturated heterocycles. The average Bonchev–Trinajstić information content (AvgIpc) is 2.80. The molecule has 1 N–H and O–H groups in total. The Bertz CT molecular complexity index is 792.